The number of ketones is 1. The van der Waals surface area contributed by atoms with E-state index in [1.807, 2.05) is 49.4 Å². The van der Waals surface area contributed by atoms with Crippen molar-refractivity contribution >= 4 is 17.4 Å². The highest BCUT2D eigenvalue weighted by atomic mass is 16.5. The van der Waals surface area contributed by atoms with Crippen LogP contribution in [0, 0.1) is 0 Å². The lowest BCUT2D eigenvalue weighted by molar-refractivity contribution is -0.140. The van der Waals surface area contributed by atoms with Gasteiger partial charge in [0.25, 0.3) is 11.7 Å². The molecule has 1 aromatic heterocycles. The summed E-state index contributed by atoms with van der Waals surface area (Å²) in [5.74, 6) is 0.144. The van der Waals surface area contributed by atoms with Crippen molar-refractivity contribution < 1.29 is 24.2 Å². The summed E-state index contributed by atoms with van der Waals surface area (Å²) in [6.07, 6.45) is 2.51. The number of hydrogen-bond acceptors (Lipinski definition) is 6. The summed E-state index contributed by atoms with van der Waals surface area (Å²) in [7, 11) is 0. The smallest absolute Gasteiger partial charge is 0.296 e. The quantitative estimate of drug-likeness (QED) is 0.159. The van der Waals surface area contributed by atoms with E-state index >= 15 is 0 Å². The van der Waals surface area contributed by atoms with Crippen LogP contribution in [0.25, 0.3) is 5.76 Å². The number of hydrogen-bond donors (Lipinski definition) is 1. The average molecular weight is 521 g/mol. The highest BCUT2D eigenvalue weighted by Crippen LogP contribution is 2.41. The maximum atomic E-state index is 13.4. The molecule has 0 aliphatic carbocycles. The maximum Gasteiger partial charge on any atom is 0.296 e. The number of benzene rings is 3. The van der Waals surface area contributed by atoms with Gasteiger partial charge in [0.15, 0.2) is 0 Å². The Balaban J connectivity index is 1.57. The zero-order valence-corrected chi connectivity index (χ0v) is 21.5. The summed E-state index contributed by atoms with van der Waals surface area (Å²) < 4.78 is 11.7. The van der Waals surface area contributed by atoms with Crippen LogP contribution in [-0.4, -0.2) is 33.3 Å². The van der Waals surface area contributed by atoms with Crippen molar-refractivity contribution in [3.05, 3.63) is 126 Å². The zero-order valence-electron chi connectivity index (χ0n) is 21.5. The van der Waals surface area contributed by atoms with Crippen molar-refractivity contribution in [2.75, 3.05) is 6.61 Å². The number of amides is 1. The van der Waals surface area contributed by atoms with Crippen LogP contribution in [0.15, 0.2) is 109 Å². The molecular formula is C32H28N2O5. The number of aliphatic hydroxyl groups is 1. The molecule has 0 spiro atoms. The van der Waals surface area contributed by atoms with Gasteiger partial charge in [-0.2, -0.15) is 0 Å². The van der Waals surface area contributed by atoms with Gasteiger partial charge in [-0.3, -0.25) is 14.6 Å². The molecule has 0 radical (unpaired) electrons. The lowest BCUT2D eigenvalue weighted by Gasteiger charge is -2.25. The number of Topliss-reactive ketones (excluding diaryl/α,β-unsaturated/α-hetero) is 1. The number of aromatic nitrogens is 1. The van der Waals surface area contributed by atoms with Gasteiger partial charge in [-0.1, -0.05) is 43.3 Å². The monoisotopic (exact) mass is 520 g/mol. The molecular weight excluding hydrogens is 492 g/mol. The molecule has 196 valence electrons. The van der Waals surface area contributed by atoms with Crippen LogP contribution in [0.1, 0.15) is 36.2 Å². The molecule has 1 aliphatic rings. The average Bonchev–Trinajstić information content (AvgIpc) is 3.22. The third-order valence-electron chi connectivity index (χ3n) is 6.35. The number of carbonyl (C=O) groups is 2. The zero-order chi connectivity index (χ0) is 27.2. The van der Waals surface area contributed by atoms with Crippen LogP contribution < -0.4 is 9.47 Å². The van der Waals surface area contributed by atoms with Gasteiger partial charge in [-0.25, -0.2) is 0 Å². The summed E-state index contributed by atoms with van der Waals surface area (Å²) in [6, 6.07) is 27.9. The first kappa shape index (κ1) is 25.7. The molecule has 0 saturated carbocycles. The van der Waals surface area contributed by atoms with Crippen molar-refractivity contribution in [3.63, 3.8) is 0 Å². The van der Waals surface area contributed by atoms with Crippen molar-refractivity contribution in [2.24, 2.45) is 0 Å². The van der Waals surface area contributed by atoms with Crippen LogP contribution in [0.2, 0.25) is 0 Å². The fourth-order valence-electron chi connectivity index (χ4n) is 4.51. The fraction of sp³-hybridized carbons (Fsp3) is 0.156. The first-order valence-corrected chi connectivity index (χ1v) is 12.8. The number of carbonyl (C=O) groups excluding carboxylic acids is 2. The molecule has 2 heterocycles. The van der Waals surface area contributed by atoms with E-state index in [4.69, 9.17) is 9.47 Å². The minimum absolute atomic E-state index is 0.00928. The van der Waals surface area contributed by atoms with Crippen LogP contribution in [0.4, 0.5) is 0 Å². The SMILES string of the molecule is CCCOc1ccc(/C(O)=C2/C(=O)C(=O)N(Cc3ccccn3)C2c2cccc(Oc3ccccc3)c2)cc1. The number of aliphatic hydroxyl groups excluding tert-OH is 1. The van der Waals surface area contributed by atoms with Gasteiger partial charge in [0.05, 0.1) is 30.5 Å². The Kier molecular flexibility index (Phi) is 7.68. The highest BCUT2D eigenvalue weighted by molar-refractivity contribution is 6.46. The van der Waals surface area contributed by atoms with E-state index < -0.39 is 17.7 Å². The molecule has 1 fully saturated rings. The van der Waals surface area contributed by atoms with Crippen molar-refractivity contribution in [1.29, 1.82) is 0 Å². The van der Waals surface area contributed by atoms with Gasteiger partial charge in [-0.15, -0.1) is 0 Å². The molecule has 1 amide bonds. The second-order valence-electron chi connectivity index (χ2n) is 9.11. The predicted octanol–water partition coefficient (Wildman–Crippen LogP) is 6.28. The third-order valence-corrected chi connectivity index (χ3v) is 6.35. The van der Waals surface area contributed by atoms with Crippen molar-refractivity contribution in [3.8, 4) is 17.2 Å². The van der Waals surface area contributed by atoms with Crippen LogP contribution in [0.5, 0.6) is 17.2 Å². The molecule has 1 unspecified atom stereocenters. The first-order valence-electron chi connectivity index (χ1n) is 12.8. The lowest BCUT2D eigenvalue weighted by atomic mass is 9.95. The summed E-state index contributed by atoms with van der Waals surface area (Å²) >= 11 is 0. The molecule has 5 rings (SSSR count). The third kappa shape index (κ3) is 5.67. The van der Waals surface area contributed by atoms with Crippen molar-refractivity contribution in [2.45, 2.75) is 25.9 Å². The Morgan fingerprint density at radius 1 is 0.872 bits per heavy atom. The number of ether oxygens (including phenoxy) is 2. The predicted molar refractivity (Wildman–Crippen MR) is 147 cm³/mol. The molecule has 4 aromatic rings. The van der Waals surface area contributed by atoms with E-state index in [9.17, 15) is 14.7 Å². The summed E-state index contributed by atoms with van der Waals surface area (Å²) in [5.41, 5.74) is 1.67. The van der Waals surface area contributed by atoms with Crippen molar-refractivity contribution in [1.82, 2.24) is 9.88 Å². The lowest BCUT2D eigenvalue weighted by Crippen LogP contribution is -2.29. The molecule has 7 nitrogen and oxygen atoms in total. The summed E-state index contributed by atoms with van der Waals surface area (Å²) in [6.45, 7) is 2.69. The van der Waals surface area contributed by atoms with E-state index in [0.717, 1.165) is 6.42 Å². The van der Waals surface area contributed by atoms with Gasteiger partial charge >= 0.3 is 0 Å². The standard InChI is InChI=1S/C32H28N2O5/c1-2-19-38-25-16-14-22(15-17-25)30(35)28-29(34(32(37)31(28)36)21-24-10-6-7-18-33-24)23-9-8-13-27(20-23)39-26-11-4-3-5-12-26/h3-18,20,29,35H,2,19,21H2,1H3/b30-28-. The second-order valence-corrected chi connectivity index (χ2v) is 9.11. The van der Waals surface area contributed by atoms with Gasteiger partial charge in [-0.05, 0) is 72.6 Å². The molecule has 3 aromatic carbocycles. The van der Waals surface area contributed by atoms with E-state index in [-0.39, 0.29) is 17.9 Å². The molecule has 1 saturated heterocycles. The summed E-state index contributed by atoms with van der Waals surface area (Å²) in [5, 5.41) is 11.4. The largest absolute Gasteiger partial charge is 0.507 e. The molecule has 39 heavy (non-hydrogen) atoms. The number of pyridine rings is 1. The molecule has 1 N–H and O–H groups in total. The van der Waals surface area contributed by atoms with E-state index in [0.29, 0.717) is 40.7 Å². The topological polar surface area (TPSA) is 89.0 Å². The Bertz CT molecular complexity index is 1480. The minimum Gasteiger partial charge on any atom is -0.507 e. The Morgan fingerprint density at radius 2 is 1.62 bits per heavy atom. The summed E-state index contributed by atoms with van der Waals surface area (Å²) in [4.78, 5) is 32.5. The van der Waals surface area contributed by atoms with Gasteiger partial charge < -0.3 is 19.5 Å². The molecule has 7 heteroatoms. The van der Waals surface area contributed by atoms with Gasteiger partial charge in [0.1, 0.15) is 23.0 Å². The second kappa shape index (κ2) is 11.6. The number of rotatable bonds is 9. The normalized spacial score (nSPS) is 16.3. The van der Waals surface area contributed by atoms with Gasteiger partial charge in [0.2, 0.25) is 0 Å². The molecule has 0 bridgehead atoms. The Morgan fingerprint density at radius 3 is 2.33 bits per heavy atom. The molecule has 1 aliphatic heterocycles. The Hall–Kier alpha value is -4.91. The molecule has 1 atom stereocenters. The van der Waals surface area contributed by atoms with Gasteiger partial charge in [0, 0.05) is 11.8 Å². The minimum atomic E-state index is -0.845. The fourth-order valence-corrected chi connectivity index (χ4v) is 4.51. The highest BCUT2D eigenvalue weighted by Gasteiger charge is 2.46. The van der Waals surface area contributed by atoms with E-state index in [2.05, 4.69) is 4.98 Å². The Labute approximate surface area is 227 Å². The van der Waals surface area contributed by atoms with E-state index in [1.54, 1.807) is 60.8 Å². The van der Waals surface area contributed by atoms with Crippen LogP contribution in [-0.2, 0) is 16.1 Å². The first-order chi connectivity index (χ1) is 19.0. The number of likely N-dealkylation sites (tertiary alicyclic amines) is 1. The van der Waals surface area contributed by atoms with Crippen LogP contribution >= 0.6 is 0 Å². The number of nitrogens with zero attached hydrogens (tertiary/aromatic N) is 2. The number of para-hydroxylation sites is 1. The van der Waals surface area contributed by atoms with Crippen LogP contribution in [0.3, 0.4) is 0 Å². The van der Waals surface area contributed by atoms with E-state index in [1.165, 1.54) is 4.90 Å². The maximum absolute atomic E-state index is 13.4.